The van der Waals surface area contributed by atoms with E-state index in [1.54, 1.807) is 11.3 Å². The molecule has 4 rings (SSSR count). The smallest absolute Gasteiger partial charge is 0.261 e. The first-order chi connectivity index (χ1) is 15.0. The third-order valence-electron chi connectivity index (χ3n) is 6.80. The number of rotatable bonds is 7. The lowest BCUT2D eigenvalue weighted by Crippen LogP contribution is -2.46. The number of hydrogen-bond donors (Lipinski definition) is 1. The van der Waals surface area contributed by atoms with Crippen molar-refractivity contribution in [2.75, 3.05) is 33.7 Å². The lowest BCUT2D eigenvalue weighted by atomic mass is 9.83. The van der Waals surface area contributed by atoms with Crippen LogP contribution in [0.4, 0.5) is 0 Å². The number of carbonyl (C=O) groups is 2. The van der Waals surface area contributed by atoms with Gasteiger partial charge in [0, 0.05) is 36.3 Å². The zero-order chi connectivity index (χ0) is 21.8. The quantitative estimate of drug-likeness (QED) is 0.697. The summed E-state index contributed by atoms with van der Waals surface area (Å²) < 4.78 is 1.15. The molecule has 2 heterocycles. The maximum Gasteiger partial charge on any atom is 0.261 e. The lowest BCUT2D eigenvalue weighted by molar-refractivity contribution is -0.140. The molecule has 1 aliphatic heterocycles. The molecular formula is C25H35N3O2S. The Bertz CT molecular complexity index is 919. The summed E-state index contributed by atoms with van der Waals surface area (Å²) in [4.78, 5) is 31.4. The van der Waals surface area contributed by atoms with Gasteiger partial charge in [-0.15, -0.1) is 11.3 Å². The zero-order valence-electron chi connectivity index (χ0n) is 18.9. The van der Waals surface area contributed by atoms with Gasteiger partial charge in [-0.1, -0.05) is 37.5 Å². The predicted molar refractivity (Wildman–Crippen MR) is 128 cm³/mol. The number of benzene rings is 1. The highest BCUT2D eigenvalue weighted by atomic mass is 32.1. The molecule has 0 unspecified atom stereocenters. The second-order valence-corrected chi connectivity index (χ2v) is 10.4. The Morgan fingerprint density at radius 3 is 2.65 bits per heavy atom. The molecule has 168 valence electrons. The zero-order valence-corrected chi connectivity index (χ0v) is 19.7. The van der Waals surface area contributed by atoms with E-state index in [9.17, 15) is 9.59 Å². The van der Waals surface area contributed by atoms with E-state index in [4.69, 9.17) is 0 Å². The molecule has 2 amide bonds. The molecule has 1 saturated carbocycles. The van der Waals surface area contributed by atoms with Crippen LogP contribution in [-0.2, 0) is 11.2 Å². The van der Waals surface area contributed by atoms with Gasteiger partial charge in [-0.3, -0.25) is 9.59 Å². The van der Waals surface area contributed by atoms with Gasteiger partial charge in [0.05, 0.1) is 4.88 Å². The van der Waals surface area contributed by atoms with Crippen LogP contribution < -0.4 is 5.32 Å². The van der Waals surface area contributed by atoms with E-state index in [2.05, 4.69) is 33.3 Å². The molecule has 2 aliphatic rings. The molecule has 31 heavy (non-hydrogen) atoms. The van der Waals surface area contributed by atoms with Crippen LogP contribution in [0.2, 0.25) is 0 Å². The number of hydrogen-bond acceptors (Lipinski definition) is 4. The van der Waals surface area contributed by atoms with Gasteiger partial charge in [0.2, 0.25) is 5.91 Å². The van der Waals surface area contributed by atoms with Crippen molar-refractivity contribution in [3.05, 3.63) is 34.7 Å². The highest BCUT2D eigenvalue weighted by Crippen LogP contribution is 2.36. The topological polar surface area (TPSA) is 52.7 Å². The number of likely N-dealkylation sites (N-methyl/N-ethyl adjacent to an activating group) is 1. The highest BCUT2D eigenvalue weighted by molar-refractivity contribution is 7.21. The maximum absolute atomic E-state index is 13.2. The van der Waals surface area contributed by atoms with Crippen molar-refractivity contribution >= 4 is 33.2 Å². The minimum Gasteiger partial charge on any atom is -0.350 e. The molecule has 5 nitrogen and oxygen atoms in total. The van der Waals surface area contributed by atoms with E-state index in [-0.39, 0.29) is 17.9 Å². The lowest BCUT2D eigenvalue weighted by Gasteiger charge is -2.36. The molecule has 2 aromatic rings. The molecule has 1 N–H and O–H groups in total. The van der Waals surface area contributed by atoms with Crippen molar-refractivity contribution in [2.45, 2.75) is 57.4 Å². The molecule has 1 saturated heterocycles. The number of likely N-dealkylation sites (tertiary alicyclic amines) is 1. The van der Waals surface area contributed by atoms with Crippen LogP contribution in [0.5, 0.6) is 0 Å². The van der Waals surface area contributed by atoms with Gasteiger partial charge in [0.15, 0.2) is 0 Å². The monoisotopic (exact) mass is 441 g/mol. The fourth-order valence-electron chi connectivity index (χ4n) is 4.76. The van der Waals surface area contributed by atoms with Crippen LogP contribution in [0.3, 0.4) is 0 Å². The van der Waals surface area contributed by atoms with Gasteiger partial charge in [0.1, 0.15) is 0 Å². The minimum absolute atomic E-state index is 0.0172. The van der Waals surface area contributed by atoms with E-state index in [1.165, 1.54) is 18.2 Å². The number of nitrogens with zero attached hydrogens (tertiary/aromatic N) is 2. The first-order valence-electron chi connectivity index (χ1n) is 11.8. The summed E-state index contributed by atoms with van der Waals surface area (Å²) in [5.74, 6) is 0.604. The predicted octanol–water partition coefficient (Wildman–Crippen LogP) is 4.31. The summed E-state index contributed by atoms with van der Waals surface area (Å²) in [6, 6.07) is 8.52. The van der Waals surface area contributed by atoms with Gasteiger partial charge in [-0.25, -0.2) is 0 Å². The Balaban J connectivity index is 1.60. The summed E-state index contributed by atoms with van der Waals surface area (Å²) in [5.41, 5.74) is 1.13. The van der Waals surface area contributed by atoms with Crippen molar-refractivity contribution in [3.8, 4) is 0 Å². The molecular weight excluding hydrogens is 406 g/mol. The summed E-state index contributed by atoms with van der Waals surface area (Å²) in [6.07, 6.45) is 8.52. The molecule has 2 fully saturated rings. The number of fused-ring (bicyclic) bond motifs is 1. The molecule has 1 aromatic heterocycles. The van der Waals surface area contributed by atoms with E-state index in [0.717, 1.165) is 66.8 Å². The Morgan fingerprint density at radius 2 is 1.90 bits per heavy atom. The summed E-state index contributed by atoms with van der Waals surface area (Å²) in [5, 5.41) is 4.27. The third kappa shape index (κ3) is 5.12. The van der Waals surface area contributed by atoms with E-state index < -0.39 is 0 Å². The van der Waals surface area contributed by atoms with Crippen molar-refractivity contribution < 1.29 is 9.59 Å². The first kappa shape index (κ1) is 22.3. The number of nitrogens with one attached hydrogen (secondary N) is 1. The summed E-state index contributed by atoms with van der Waals surface area (Å²) in [7, 11) is 4.02. The second kappa shape index (κ2) is 10.1. The standard InChI is InChI=1S/C25H35N3O2S/c1-27(2)16-14-26-24(29)23-21(20-12-5-6-13-22(20)31-23)17-19-11-4-3-7-15-28(19)25(30)18-9-8-10-18/h5-6,12-13,18-19H,3-4,7-11,14-17H2,1-2H3,(H,26,29)/t19-/m0/s1. The third-order valence-corrected chi connectivity index (χ3v) is 8.02. The van der Waals surface area contributed by atoms with Gasteiger partial charge in [-0.05, 0) is 63.2 Å². The Kier molecular flexibility index (Phi) is 7.28. The summed E-state index contributed by atoms with van der Waals surface area (Å²) in [6.45, 7) is 2.32. The van der Waals surface area contributed by atoms with Crippen molar-refractivity contribution in [2.24, 2.45) is 5.92 Å². The Morgan fingerprint density at radius 1 is 1.10 bits per heavy atom. The van der Waals surface area contributed by atoms with Gasteiger partial charge < -0.3 is 15.1 Å². The first-order valence-corrected chi connectivity index (χ1v) is 12.6. The van der Waals surface area contributed by atoms with Crippen molar-refractivity contribution in [1.29, 1.82) is 0 Å². The average molecular weight is 442 g/mol. The molecule has 0 spiro atoms. The van der Waals surface area contributed by atoms with Gasteiger partial charge in [0.25, 0.3) is 5.91 Å². The van der Waals surface area contributed by atoms with Crippen LogP contribution in [0.25, 0.3) is 10.1 Å². The number of amides is 2. The van der Waals surface area contributed by atoms with E-state index >= 15 is 0 Å². The largest absolute Gasteiger partial charge is 0.350 e. The van der Waals surface area contributed by atoms with Crippen molar-refractivity contribution in [3.63, 3.8) is 0 Å². The second-order valence-electron chi connectivity index (χ2n) is 9.33. The van der Waals surface area contributed by atoms with E-state index in [1.807, 2.05) is 20.2 Å². The fourth-order valence-corrected chi connectivity index (χ4v) is 5.91. The summed E-state index contributed by atoms with van der Waals surface area (Å²) >= 11 is 1.59. The Labute approximate surface area is 189 Å². The number of thiophene rings is 1. The fraction of sp³-hybridized carbons (Fsp3) is 0.600. The molecule has 1 atom stereocenters. The maximum atomic E-state index is 13.2. The van der Waals surface area contributed by atoms with Crippen LogP contribution in [-0.4, -0.2) is 61.4 Å². The average Bonchev–Trinajstić information content (AvgIpc) is 2.90. The normalized spacial score (nSPS) is 20.0. The van der Waals surface area contributed by atoms with Gasteiger partial charge in [-0.2, -0.15) is 0 Å². The van der Waals surface area contributed by atoms with E-state index in [0.29, 0.717) is 12.5 Å². The molecule has 0 bridgehead atoms. The minimum atomic E-state index is 0.0172. The molecule has 1 aromatic carbocycles. The van der Waals surface area contributed by atoms with Crippen LogP contribution in [0.1, 0.15) is 60.2 Å². The van der Waals surface area contributed by atoms with Gasteiger partial charge >= 0.3 is 0 Å². The van der Waals surface area contributed by atoms with Crippen molar-refractivity contribution in [1.82, 2.24) is 15.1 Å². The van der Waals surface area contributed by atoms with Crippen LogP contribution >= 0.6 is 11.3 Å². The SMILES string of the molecule is CN(C)CCNC(=O)c1sc2ccccc2c1C[C@@H]1CCCCCN1C(=O)C1CCC1. The molecule has 1 aliphatic carbocycles. The van der Waals surface area contributed by atoms with Crippen LogP contribution in [0, 0.1) is 5.92 Å². The number of carbonyl (C=O) groups excluding carboxylic acids is 2. The highest BCUT2D eigenvalue weighted by Gasteiger charge is 2.34. The Hall–Kier alpha value is -1.92. The van der Waals surface area contributed by atoms with Crippen LogP contribution in [0.15, 0.2) is 24.3 Å². The molecule has 6 heteroatoms. The molecule has 0 radical (unpaired) electrons.